The number of ether oxygens (including phenoxy) is 1. The lowest BCUT2D eigenvalue weighted by atomic mass is 9.75. The van der Waals surface area contributed by atoms with E-state index in [-0.39, 0.29) is 22.6 Å². The van der Waals surface area contributed by atoms with Crippen molar-refractivity contribution < 1.29 is 29.6 Å². The van der Waals surface area contributed by atoms with E-state index in [1.165, 1.54) is 18.2 Å². The molecule has 0 atom stereocenters. The van der Waals surface area contributed by atoms with Crippen LogP contribution in [-0.4, -0.2) is 27.3 Å². The van der Waals surface area contributed by atoms with Crippen molar-refractivity contribution in [1.29, 1.82) is 0 Å². The molecular weight excluding hydrogens is 492 g/mol. The first-order chi connectivity index (χ1) is 18.7. The third kappa shape index (κ3) is 5.00. The van der Waals surface area contributed by atoms with Crippen LogP contribution in [-0.2, 0) is 36.0 Å². The Morgan fingerprint density at radius 1 is 0.718 bits per heavy atom. The van der Waals surface area contributed by atoms with Crippen molar-refractivity contribution in [3.05, 3.63) is 92.5 Å². The summed E-state index contributed by atoms with van der Waals surface area (Å²) in [4.78, 5) is 25.5. The van der Waals surface area contributed by atoms with Crippen LogP contribution in [0.1, 0.15) is 113 Å². The maximum Gasteiger partial charge on any atom is 0.340 e. The van der Waals surface area contributed by atoms with Crippen LogP contribution < -0.4 is 0 Å². The highest BCUT2D eigenvalue weighted by atomic mass is 16.6. The number of hydrogen-bond donors (Lipinski definition) is 3. The lowest BCUT2D eigenvalue weighted by Crippen LogP contribution is -2.31. The fourth-order valence-corrected chi connectivity index (χ4v) is 5.78. The molecule has 0 fully saturated rings. The SMILES string of the molecule is CCCc1cc(CCC)c(O)c(C2(c3cc(CCC)cc(CCC)c3O)OC(=O)c3ccc(C(=O)O)cc32)c1. The summed E-state index contributed by atoms with van der Waals surface area (Å²) < 4.78 is 6.27. The second-order valence-electron chi connectivity index (χ2n) is 10.4. The van der Waals surface area contributed by atoms with Crippen molar-refractivity contribution in [2.75, 3.05) is 0 Å². The van der Waals surface area contributed by atoms with E-state index < -0.39 is 17.5 Å². The molecule has 0 radical (unpaired) electrons. The first kappa shape index (κ1) is 28.2. The minimum Gasteiger partial charge on any atom is -0.507 e. The minimum absolute atomic E-state index is 0.00424. The van der Waals surface area contributed by atoms with Crippen LogP contribution in [0.2, 0.25) is 0 Å². The molecule has 0 spiro atoms. The number of rotatable bonds is 11. The normalized spacial score (nSPS) is 13.8. The van der Waals surface area contributed by atoms with Crippen LogP contribution in [0.15, 0.2) is 42.5 Å². The number of aromatic hydroxyl groups is 2. The summed E-state index contributed by atoms with van der Waals surface area (Å²) in [6.07, 6.45) is 6.08. The van der Waals surface area contributed by atoms with Gasteiger partial charge in [0.25, 0.3) is 0 Å². The number of aryl methyl sites for hydroxylation is 4. The van der Waals surface area contributed by atoms with Gasteiger partial charge in [-0.15, -0.1) is 0 Å². The van der Waals surface area contributed by atoms with E-state index in [9.17, 15) is 24.9 Å². The molecule has 0 bridgehead atoms. The number of aromatic carboxylic acids is 1. The number of fused-ring (bicyclic) bond motifs is 1. The number of phenolic OH excluding ortho intramolecular Hbond substituents is 2. The molecule has 1 aliphatic rings. The summed E-state index contributed by atoms with van der Waals surface area (Å²) >= 11 is 0. The van der Waals surface area contributed by atoms with Gasteiger partial charge >= 0.3 is 11.9 Å². The van der Waals surface area contributed by atoms with Crippen LogP contribution in [0.5, 0.6) is 11.5 Å². The molecule has 206 valence electrons. The van der Waals surface area contributed by atoms with Gasteiger partial charge in [-0.3, -0.25) is 0 Å². The van der Waals surface area contributed by atoms with E-state index in [2.05, 4.69) is 13.8 Å². The number of esters is 1. The second-order valence-corrected chi connectivity index (χ2v) is 10.4. The van der Waals surface area contributed by atoms with Gasteiger partial charge in [0.1, 0.15) is 11.5 Å². The zero-order chi connectivity index (χ0) is 28.3. The Morgan fingerprint density at radius 2 is 1.21 bits per heavy atom. The number of hydrogen-bond acceptors (Lipinski definition) is 5. The highest BCUT2D eigenvalue weighted by Gasteiger charge is 2.52. The first-order valence-corrected chi connectivity index (χ1v) is 14.0. The fraction of sp³-hybridized carbons (Fsp3) is 0.394. The average molecular weight is 531 g/mol. The predicted molar refractivity (Wildman–Crippen MR) is 151 cm³/mol. The van der Waals surface area contributed by atoms with Crippen LogP contribution in [0.3, 0.4) is 0 Å². The molecule has 1 aliphatic heterocycles. The Balaban J connectivity index is 2.19. The lowest BCUT2D eigenvalue weighted by Gasteiger charge is -2.33. The molecular formula is C33H38O6. The smallest absolute Gasteiger partial charge is 0.340 e. The van der Waals surface area contributed by atoms with Gasteiger partial charge in [-0.25, -0.2) is 9.59 Å². The third-order valence-electron chi connectivity index (χ3n) is 7.48. The molecule has 3 N–H and O–H groups in total. The standard InChI is InChI=1S/C33H38O6/c1-5-9-20-15-22(11-7-3)29(34)27(17-20)33(26-19-24(31(36)37)13-14-25(26)32(38)39-33)28-18-21(10-6-2)16-23(12-8-4)30(28)35/h13-19,34-35H,5-12H2,1-4H3,(H,36,37). The van der Waals surface area contributed by atoms with Crippen LogP contribution in [0.4, 0.5) is 0 Å². The highest BCUT2D eigenvalue weighted by molar-refractivity contribution is 5.99. The zero-order valence-electron chi connectivity index (χ0n) is 23.3. The van der Waals surface area contributed by atoms with Gasteiger partial charge in [-0.05, 0) is 78.3 Å². The zero-order valence-corrected chi connectivity index (χ0v) is 23.3. The monoisotopic (exact) mass is 530 g/mol. The van der Waals surface area contributed by atoms with E-state index in [1.54, 1.807) is 0 Å². The Morgan fingerprint density at radius 3 is 1.64 bits per heavy atom. The molecule has 6 nitrogen and oxygen atoms in total. The maximum absolute atomic E-state index is 13.4. The third-order valence-corrected chi connectivity index (χ3v) is 7.48. The number of carbonyl (C=O) groups is 2. The Labute approximate surface area is 230 Å². The van der Waals surface area contributed by atoms with Gasteiger partial charge in [-0.1, -0.05) is 65.5 Å². The average Bonchev–Trinajstić information content (AvgIpc) is 3.20. The Kier molecular flexibility index (Phi) is 8.34. The van der Waals surface area contributed by atoms with E-state index in [4.69, 9.17) is 4.74 Å². The summed E-state index contributed by atoms with van der Waals surface area (Å²) in [6.45, 7) is 8.21. The van der Waals surface area contributed by atoms with E-state index >= 15 is 0 Å². The molecule has 0 aliphatic carbocycles. The summed E-state index contributed by atoms with van der Waals surface area (Å²) in [5, 5.41) is 33.3. The van der Waals surface area contributed by atoms with Crippen molar-refractivity contribution in [2.24, 2.45) is 0 Å². The van der Waals surface area contributed by atoms with E-state index in [0.717, 1.165) is 60.8 Å². The molecule has 0 amide bonds. The Hall–Kier alpha value is -3.80. The summed E-state index contributed by atoms with van der Waals surface area (Å²) in [5.41, 5.74) is 2.91. The molecule has 3 aromatic carbocycles. The summed E-state index contributed by atoms with van der Waals surface area (Å²) in [7, 11) is 0. The van der Waals surface area contributed by atoms with Gasteiger partial charge < -0.3 is 20.1 Å². The molecule has 6 heteroatoms. The fourth-order valence-electron chi connectivity index (χ4n) is 5.78. The van der Waals surface area contributed by atoms with Crippen LogP contribution in [0.25, 0.3) is 0 Å². The summed E-state index contributed by atoms with van der Waals surface area (Å²) in [6, 6.07) is 12.0. The van der Waals surface area contributed by atoms with Crippen molar-refractivity contribution in [3.8, 4) is 11.5 Å². The molecule has 39 heavy (non-hydrogen) atoms. The van der Waals surface area contributed by atoms with Gasteiger partial charge in [-0.2, -0.15) is 0 Å². The molecule has 0 unspecified atom stereocenters. The largest absolute Gasteiger partial charge is 0.507 e. The maximum atomic E-state index is 13.4. The summed E-state index contributed by atoms with van der Waals surface area (Å²) in [5.74, 6) is -1.78. The number of carboxylic acids is 1. The molecule has 0 saturated heterocycles. The van der Waals surface area contributed by atoms with Gasteiger partial charge in [0.2, 0.25) is 0 Å². The van der Waals surface area contributed by atoms with E-state index in [0.29, 0.717) is 29.5 Å². The number of carbonyl (C=O) groups excluding carboxylic acids is 1. The van der Waals surface area contributed by atoms with Crippen molar-refractivity contribution in [1.82, 2.24) is 0 Å². The van der Waals surface area contributed by atoms with E-state index in [1.807, 2.05) is 38.1 Å². The van der Waals surface area contributed by atoms with Crippen molar-refractivity contribution in [3.63, 3.8) is 0 Å². The topological polar surface area (TPSA) is 104 Å². The minimum atomic E-state index is -1.72. The van der Waals surface area contributed by atoms with Gasteiger partial charge in [0, 0.05) is 16.7 Å². The molecule has 4 rings (SSSR count). The molecule has 0 aromatic heterocycles. The van der Waals surface area contributed by atoms with Gasteiger partial charge in [0.05, 0.1) is 11.1 Å². The second kappa shape index (κ2) is 11.5. The van der Waals surface area contributed by atoms with Crippen molar-refractivity contribution >= 4 is 11.9 Å². The molecule has 1 heterocycles. The highest BCUT2D eigenvalue weighted by Crippen LogP contribution is 2.54. The van der Waals surface area contributed by atoms with Crippen LogP contribution >= 0.6 is 0 Å². The molecule has 0 saturated carbocycles. The van der Waals surface area contributed by atoms with Gasteiger partial charge in [0.15, 0.2) is 5.60 Å². The number of phenols is 2. The number of cyclic esters (lactones) is 1. The molecule has 3 aromatic rings. The first-order valence-electron chi connectivity index (χ1n) is 14.0. The van der Waals surface area contributed by atoms with Crippen LogP contribution in [0, 0.1) is 0 Å². The number of carboxylic acid groups (broad SMARTS) is 1. The quantitative estimate of drug-likeness (QED) is 0.229. The lowest BCUT2D eigenvalue weighted by molar-refractivity contribution is 0.0238. The Bertz CT molecular complexity index is 1340. The number of benzene rings is 3. The predicted octanol–water partition coefficient (Wildman–Crippen LogP) is 7.07. The van der Waals surface area contributed by atoms with Crippen molar-refractivity contribution in [2.45, 2.75) is 84.7 Å².